The van der Waals surface area contributed by atoms with Crippen molar-refractivity contribution in [1.29, 1.82) is 0 Å². The lowest BCUT2D eigenvalue weighted by molar-refractivity contribution is -0.384. The predicted octanol–water partition coefficient (Wildman–Crippen LogP) is 4.31. The number of amides is 1. The zero-order valence-corrected chi connectivity index (χ0v) is 17.6. The number of hydrazine groups is 1. The summed E-state index contributed by atoms with van der Waals surface area (Å²) in [5, 5.41) is 11.1. The van der Waals surface area contributed by atoms with Crippen LogP contribution in [0, 0.1) is 15.9 Å². The van der Waals surface area contributed by atoms with Gasteiger partial charge in [-0.15, -0.1) is 0 Å². The summed E-state index contributed by atoms with van der Waals surface area (Å²) in [4.78, 5) is 22.1. The Kier molecular flexibility index (Phi) is 6.72. The van der Waals surface area contributed by atoms with Gasteiger partial charge in [0, 0.05) is 17.3 Å². The van der Waals surface area contributed by atoms with E-state index in [1.165, 1.54) is 12.1 Å². The third-order valence-electron chi connectivity index (χ3n) is 4.36. The van der Waals surface area contributed by atoms with Gasteiger partial charge in [0.15, 0.2) is 0 Å². The van der Waals surface area contributed by atoms with Crippen LogP contribution in [0.4, 0.5) is 34.6 Å². The number of alkyl halides is 3. The Bertz CT molecular complexity index is 1330. The van der Waals surface area contributed by atoms with E-state index in [-0.39, 0.29) is 16.1 Å². The first-order valence-electron chi connectivity index (χ1n) is 9.17. The summed E-state index contributed by atoms with van der Waals surface area (Å²) in [7, 11) is -4.04. The van der Waals surface area contributed by atoms with Crippen LogP contribution in [-0.2, 0) is 16.2 Å². The number of nitro groups is 1. The normalized spacial score (nSPS) is 11.5. The molecule has 0 aliphatic carbocycles. The Balaban J connectivity index is 1.71. The number of carbonyl (C=O) groups is 1. The van der Waals surface area contributed by atoms with Gasteiger partial charge in [-0.3, -0.25) is 30.5 Å². The highest BCUT2D eigenvalue weighted by Gasteiger charge is 2.33. The van der Waals surface area contributed by atoms with Crippen molar-refractivity contribution in [2.75, 3.05) is 10.1 Å². The van der Waals surface area contributed by atoms with Crippen LogP contribution in [-0.4, -0.2) is 19.2 Å². The second-order valence-electron chi connectivity index (χ2n) is 6.70. The maximum atomic E-state index is 13.0. The molecule has 3 rings (SSSR count). The number of nitrogens with one attached hydrogen (secondary N) is 3. The maximum Gasteiger partial charge on any atom is 0.416 e. The number of anilines is 2. The Morgan fingerprint density at radius 3 is 2.12 bits per heavy atom. The van der Waals surface area contributed by atoms with E-state index in [9.17, 15) is 40.9 Å². The van der Waals surface area contributed by atoms with E-state index in [2.05, 4.69) is 15.6 Å². The molecule has 0 spiro atoms. The molecule has 1 amide bonds. The molecule has 0 aromatic heterocycles. The largest absolute Gasteiger partial charge is 0.416 e. The number of benzene rings is 3. The van der Waals surface area contributed by atoms with Crippen LogP contribution >= 0.6 is 0 Å². The Morgan fingerprint density at radius 2 is 1.56 bits per heavy atom. The van der Waals surface area contributed by atoms with E-state index in [4.69, 9.17) is 0 Å². The van der Waals surface area contributed by atoms with Gasteiger partial charge in [0.2, 0.25) is 0 Å². The fourth-order valence-electron chi connectivity index (χ4n) is 2.68. The molecule has 0 fully saturated rings. The molecule has 0 radical (unpaired) electrons. The van der Waals surface area contributed by atoms with Crippen molar-refractivity contribution in [2.24, 2.45) is 0 Å². The number of nitrogens with zero attached hydrogens (tertiary/aromatic N) is 1. The first-order valence-corrected chi connectivity index (χ1v) is 10.7. The van der Waals surface area contributed by atoms with Gasteiger partial charge in [0.25, 0.3) is 21.6 Å². The molecule has 0 bridgehead atoms. The van der Waals surface area contributed by atoms with Gasteiger partial charge < -0.3 is 0 Å². The minimum absolute atomic E-state index is 0.0530. The summed E-state index contributed by atoms with van der Waals surface area (Å²) in [5.41, 5.74) is 1.80. The smallest absolute Gasteiger partial charge is 0.292 e. The number of rotatable bonds is 7. The zero-order valence-electron chi connectivity index (χ0n) is 16.8. The van der Waals surface area contributed by atoms with Crippen molar-refractivity contribution in [1.82, 2.24) is 5.43 Å². The molecule has 0 saturated heterocycles. The van der Waals surface area contributed by atoms with E-state index in [0.717, 1.165) is 42.5 Å². The van der Waals surface area contributed by atoms with Crippen LogP contribution in [0.25, 0.3) is 0 Å². The quantitative estimate of drug-likeness (QED) is 0.253. The number of hydrogen-bond acceptors (Lipinski definition) is 6. The number of carbonyl (C=O) groups excluding carboxylic acids is 1. The van der Waals surface area contributed by atoms with Gasteiger partial charge in [-0.1, -0.05) is 0 Å². The zero-order chi connectivity index (χ0) is 25.1. The Hall–Kier alpha value is -4.20. The molecule has 0 saturated carbocycles. The molecular formula is C20H14F4N4O5S. The summed E-state index contributed by atoms with van der Waals surface area (Å²) in [6, 6.07) is 10.8. The molecule has 3 aromatic carbocycles. The molecule has 0 heterocycles. The van der Waals surface area contributed by atoms with Gasteiger partial charge >= 0.3 is 6.18 Å². The Morgan fingerprint density at radius 1 is 0.941 bits per heavy atom. The van der Waals surface area contributed by atoms with Crippen LogP contribution < -0.4 is 15.6 Å². The molecule has 0 unspecified atom stereocenters. The summed E-state index contributed by atoms with van der Waals surface area (Å²) in [6.45, 7) is 0. The minimum Gasteiger partial charge on any atom is -0.292 e. The molecule has 9 nitrogen and oxygen atoms in total. The summed E-state index contributed by atoms with van der Waals surface area (Å²) in [6.07, 6.45) is -4.79. The van der Waals surface area contributed by atoms with E-state index in [1.807, 2.05) is 0 Å². The van der Waals surface area contributed by atoms with E-state index in [0.29, 0.717) is 12.1 Å². The van der Waals surface area contributed by atoms with Crippen LogP contribution in [0.15, 0.2) is 71.6 Å². The van der Waals surface area contributed by atoms with Crippen molar-refractivity contribution < 1.29 is 35.7 Å². The third kappa shape index (κ3) is 5.78. The first-order chi connectivity index (χ1) is 15.9. The monoisotopic (exact) mass is 498 g/mol. The number of sulfonamides is 1. The van der Waals surface area contributed by atoms with Gasteiger partial charge in [-0.2, -0.15) is 13.2 Å². The highest BCUT2D eigenvalue weighted by atomic mass is 32.2. The topological polar surface area (TPSA) is 130 Å². The molecule has 3 N–H and O–H groups in total. The van der Waals surface area contributed by atoms with Gasteiger partial charge in [0.1, 0.15) is 11.5 Å². The molecule has 0 atom stereocenters. The van der Waals surface area contributed by atoms with Gasteiger partial charge in [-0.25, -0.2) is 12.8 Å². The van der Waals surface area contributed by atoms with E-state index < -0.39 is 49.8 Å². The second kappa shape index (κ2) is 9.35. The van der Waals surface area contributed by atoms with Crippen molar-refractivity contribution in [3.8, 4) is 0 Å². The minimum atomic E-state index is -4.79. The fraction of sp³-hybridized carbons (Fsp3) is 0.0500. The molecule has 0 aliphatic heterocycles. The number of hydrogen-bond donors (Lipinski definition) is 3. The predicted molar refractivity (Wildman–Crippen MR) is 113 cm³/mol. The maximum absolute atomic E-state index is 13.0. The highest BCUT2D eigenvalue weighted by Crippen LogP contribution is 2.34. The van der Waals surface area contributed by atoms with Crippen LogP contribution in [0.2, 0.25) is 0 Å². The van der Waals surface area contributed by atoms with Crippen molar-refractivity contribution >= 4 is 33.0 Å². The van der Waals surface area contributed by atoms with Crippen LogP contribution in [0.3, 0.4) is 0 Å². The highest BCUT2D eigenvalue weighted by molar-refractivity contribution is 7.92. The molecule has 178 valence electrons. The SMILES string of the molecule is O=C(NNc1ccc(C(F)(F)F)cc1[N+](=O)[O-])c1ccc(S(=O)(=O)Nc2ccc(F)cc2)cc1. The standard InChI is InChI=1S/C20H14F4N4O5S/c21-14-4-6-15(7-5-14)27-34(32,33)16-8-1-12(2-9-16)19(29)26-25-17-10-3-13(20(22,23)24)11-18(17)28(30)31/h1-11,25,27H,(H,26,29). The summed E-state index contributed by atoms with van der Waals surface area (Å²) < 4.78 is 78.4. The average molecular weight is 498 g/mol. The number of nitro benzene ring substituents is 1. The van der Waals surface area contributed by atoms with E-state index in [1.54, 1.807) is 0 Å². The first kappa shape index (κ1) is 24.4. The molecule has 3 aromatic rings. The average Bonchev–Trinajstić information content (AvgIpc) is 2.78. The van der Waals surface area contributed by atoms with Gasteiger partial charge in [-0.05, 0) is 60.7 Å². The van der Waals surface area contributed by atoms with E-state index >= 15 is 0 Å². The molecule has 0 aliphatic rings. The van der Waals surface area contributed by atoms with Crippen molar-refractivity contribution in [3.63, 3.8) is 0 Å². The lowest BCUT2D eigenvalue weighted by Gasteiger charge is -2.12. The molecule has 34 heavy (non-hydrogen) atoms. The lowest BCUT2D eigenvalue weighted by Crippen LogP contribution is -2.29. The molecule has 14 heteroatoms. The molecular weight excluding hydrogens is 484 g/mol. The third-order valence-corrected chi connectivity index (χ3v) is 5.75. The summed E-state index contributed by atoms with van der Waals surface area (Å²) in [5.74, 6) is -1.39. The number of halogens is 4. The van der Waals surface area contributed by atoms with Crippen molar-refractivity contribution in [2.45, 2.75) is 11.1 Å². The van der Waals surface area contributed by atoms with Crippen molar-refractivity contribution in [3.05, 3.63) is 93.8 Å². The van der Waals surface area contributed by atoms with Crippen LogP contribution in [0.1, 0.15) is 15.9 Å². The van der Waals surface area contributed by atoms with Crippen LogP contribution in [0.5, 0.6) is 0 Å². The lowest BCUT2D eigenvalue weighted by atomic mass is 10.1. The fourth-order valence-corrected chi connectivity index (χ4v) is 3.74. The Labute approximate surface area is 189 Å². The second-order valence-corrected chi connectivity index (χ2v) is 8.39. The summed E-state index contributed by atoms with van der Waals surface area (Å²) >= 11 is 0. The van der Waals surface area contributed by atoms with Gasteiger partial charge in [0.05, 0.1) is 15.4 Å².